The van der Waals surface area contributed by atoms with Gasteiger partial charge in [-0.05, 0) is 42.8 Å². The average molecular weight is 432 g/mol. The van der Waals surface area contributed by atoms with E-state index in [2.05, 4.69) is 5.32 Å². The number of rotatable bonds is 7. The Labute approximate surface area is 181 Å². The molecule has 160 valence electrons. The van der Waals surface area contributed by atoms with E-state index in [1.165, 1.54) is 0 Å². The highest BCUT2D eigenvalue weighted by atomic mass is 35.5. The number of benzene rings is 2. The van der Waals surface area contributed by atoms with E-state index in [4.69, 9.17) is 21.1 Å². The third kappa shape index (κ3) is 6.93. The second kappa shape index (κ2) is 11.4. The van der Waals surface area contributed by atoms with Crippen molar-refractivity contribution in [3.63, 3.8) is 0 Å². The molecule has 8 heteroatoms. The van der Waals surface area contributed by atoms with Gasteiger partial charge < -0.3 is 24.6 Å². The van der Waals surface area contributed by atoms with E-state index in [0.29, 0.717) is 50.1 Å². The summed E-state index contributed by atoms with van der Waals surface area (Å²) in [5.74, 6) is 0.701. The molecule has 1 saturated heterocycles. The summed E-state index contributed by atoms with van der Waals surface area (Å²) < 4.78 is 11.0. The van der Waals surface area contributed by atoms with Crippen LogP contribution in [0.4, 0.5) is 10.5 Å². The lowest BCUT2D eigenvalue weighted by atomic mass is 10.3. The molecule has 1 heterocycles. The quantitative estimate of drug-likeness (QED) is 0.681. The minimum Gasteiger partial charge on any atom is -0.491 e. The smallest absolute Gasteiger partial charge is 0.321 e. The number of para-hydroxylation sites is 1. The fourth-order valence-electron chi connectivity index (χ4n) is 3.09. The molecule has 0 saturated carbocycles. The Morgan fingerprint density at radius 2 is 1.60 bits per heavy atom. The molecular formula is C22H26ClN3O4. The molecule has 7 nitrogen and oxygen atoms in total. The first kappa shape index (κ1) is 21.9. The van der Waals surface area contributed by atoms with Crippen LogP contribution in [0.2, 0.25) is 5.02 Å². The van der Waals surface area contributed by atoms with Gasteiger partial charge in [-0.1, -0.05) is 29.8 Å². The lowest BCUT2D eigenvalue weighted by Gasteiger charge is -2.22. The summed E-state index contributed by atoms with van der Waals surface area (Å²) in [7, 11) is 0. The molecule has 1 aliphatic heterocycles. The van der Waals surface area contributed by atoms with Crippen molar-refractivity contribution in [1.29, 1.82) is 0 Å². The largest absolute Gasteiger partial charge is 0.491 e. The highest BCUT2D eigenvalue weighted by Crippen LogP contribution is 2.14. The monoisotopic (exact) mass is 431 g/mol. The molecule has 1 aliphatic rings. The molecule has 3 amide bonds. The number of nitrogens with zero attached hydrogens (tertiary/aromatic N) is 2. The molecule has 30 heavy (non-hydrogen) atoms. The van der Waals surface area contributed by atoms with Gasteiger partial charge in [0.2, 0.25) is 5.91 Å². The van der Waals surface area contributed by atoms with Crippen LogP contribution in [-0.2, 0) is 9.53 Å². The number of carbonyl (C=O) groups excluding carboxylic acids is 2. The minimum atomic E-state index is -0.180. The SMILES string of the molecule is O=C(COCCOc1ccccc1)N1CCCN(C(=O)Nc2ccc(Cl)cc2)CC1. The van der Waals surface area contributed by atoms with Gasteiger partial charge in [-0.25, -0.2) is 4.79 Å². The van der Waals surface area contributed by atoms with Gasteiger partial charge in [0.1, 0.15) is 19.0 Å². The molecule has 2 aromatic rings. The third-order valence-electron chi connectivity index (χ3n) is 4.70. The van der Waals surface area contributed by atoms with Crippen molar-refractivity contribution in [2.45, 2.75) is 6.42 Å². The number of nitrogens with one attached hydrogen (secondary N) is 1. The highest BCUT2D eigenvalue weighted by molar-refractivity contribution is 6.30. The van der Waals surface area contributed by atoms with Crippen molar-refractivity contribution in [2.24, 2.45) is 0 Å². The van der Waals surface area contributed by atoms with Gasteiger partial charge in [-0.2, -0.15) is 0 Å². The second-order valence-corrected chi connectivity index (χ2v) is 7.31. The number of ether oxygens (including phenoxy) is 2. The minimum absolute atomic E-state index is 0.00905. The van der Waals surface area contributed by atoms with Crippen LogP contribution in [0.25, 0.3) is 0 Å². The molecule has 0 atom stereocenters. The van der Waals surface area contributed by atoms with Crippen molar-refractivity contribution in [3.05, 3.63) is 59.6 Å². The van der Waals surface area contributed by atoms with Crippen molar-refractivity contribution in [3.8, 4) is 5.75 Å². The average Bonchev–Trinajstić information content (AvgIpc) is 3.02. The molecule has 0 bridgehead atoms. The van der Waals surface area contributed by atoms with Crippen LogP contribution in [-0.4, -0.2) is 67.7 Å². The van der Waals surface area contributed by atoms with E-state index >= 15 is 0 Å². The predicted molar refractivity (Wildman–Crippen MR) is 116 cm³/mol. The first-order valence-corrected chi connectivity index (χ1v) is 10.3. The number of urea groups is 1. The Balaban J connectivity index is 1.36. The van der Waals surface area contributed by atoms with Crippen molar-refractivity contribution in [2.75, 3.05) is 51.3 Å². The van der Waals surface area contributed by atoms with E-state index < -0.39 is 0 Å². The fraction of sp³-hybridized carbons (Fsp3) is 0.364. The summed E-state index contributed by atoms with van der Waals surface area (Å²) in [5.41, 5.74) is 0.688. The van der Waals surface area contributed by atoms with Gasteiger partial charge in [0, 0.05) is 36.9 Å². The lowest BCUT2D eigenvalue weighted by Crippen LogP contribution is -2.40. The molecule has 1 N–H and O–H groups in total. The van der Waals surface area contributed by atoms with Crippen LogP contribution < -0.4 is 10.1 Å². The summed E-state index contributed by atoms with van der Waals surface area (Å²) in [6.07, 6.45) is 0.719. The van der Waals surface area contributed by atoms with Crippen LogP contribution in [0.5, 0.6) is 5.75 Å². The summed E-state index contributed by atoms with van der Waals surface area (Å²) >= 11 is 5.87. The van der Waals surface area contributed by atoms with Crippen molar-refractivity contribution in [1.82, 2.24) is 9.80 Å². The van der Waals surface area contributed by atoms with Crippen LogP contribution in [0.15, 0.2) is 54.6 Å². The molecule has 0 spiro atoms. The van der Waals surface area contributed by atoms with Gasteiger partial charge >= 0.3 is 6.03 Å². The van der Waals surface area contributed by atoms with E-state index in [1.807, 2.05) is 30.3 Å². The third-order valence-corrected chi connectivity index (χ3v) is 4.95. The summed E-state index contributed by atoms with van der Waals surface area (Å²) in [5, 5.41) is 3.48. The zero-order valence-electron chi connectivity index (χ0n) is 16.8. The summed E-state index contributed by atoms with van der Waals surface area (Å²) in [4.78, 5) is 28.4. The molecule has 0 aliphatic carbocycles. The number of halogens is 1. The maximum absolute atomic E-state index is 12.5. The molecule has 2 aromatic carbocycles. The maximum Gasteiger partial charge on any atom is 0.321 e. The Bertz CT molecular complexity index is 817. The molecule has 3 rings (SSSR count). The second-order valence-electron chi connectivity index (χ2n) is 6.87. The Hall–Kier alpha value is -2.77. The first-order valence-electron chi connectivity index (χ1n) is 9.97. The van der Waals surface area contributed by atoms with Gasteiger partial charge in [0.15, 0.2) is 0 Å². The van der Waals surface area contributed by atoms with Gasteiger partial charge in [-0.3, -0.25) is 4.79 Å². The summed E-state index contributed by atoms with van der Waals surface area (Å²) in [6, 6.07) is 16.3. The normalized spacial score (nSPS) is 14.2. The zero-order valence-corrected chi connectivity index (χ0v) is 17.5. The van der Waals surface area contributed by atoms with E-state index in [9.17, 15) is 9.59 Å². The molecule has 0 radical (unpaired) electrons. The highest BCUT2D eigenvalue weighted by Gasteiger charge is 2.22. The maximum atomic E-state index is 12.5. The molecule has 1 fully saturated rings. The number of amides is 3. The Morgan fingerprint density at radius 3 is 2.37 bits per heavy atom. The number of hydrogen-bond donors (Lipinski definition) is 1. The van der Waals surface area contributed by atoms with Crippen LogP contribution >= 0.6 is 11.6 Å². The molecule has 0 unspecified atom stereocenters. The fourth-order valence-corrected chi connectivity index (χ4v) is 3.22. The Kier molecular flexibility index (Phi) is 8.35. The summed E-state index contributed by atoms with van der Waals surface area (Å²) in [6.45, 7) is 2.89. The van der Waals surface area contributed by atoms with Crippen LogP contribution in [0.3, 0.4) is 0 Å². The molecular weight excluding hydrogens is 406 g/mol. The topological polar surface area (TPSA) is 71.1 Å². The molecule has 0 aromatic heterocycles. The lowest BCUT2D eigenvalue weighted by molar-refractivity contribution is -0.136. The Morgan fingerprint density at radius 1 is 0.900 bits per heavy atom. The van der Waals surface area contributed by atoms with E-state index in [-0.39, 0.29) is 18.5 Å². The van der Waals surface area contributed by atoms with Gasteiger partial charge in [0.05, 0.1) is 6.61 Å². The zero-order chi connectivity index (χ0) is 21.2. The van der Waals surface area contributed by atoms with Crippen molar-refractivity contribution < 1.29 is 19.1 Å². The standard InChI is InChI=1S/C22H26ClN3O4/c23-18-7-9-19(10-8-18)24-22(28)26-12-4-11-25(13-14-26)21(27)17-29-15-16-30-20-5-2-1-3-6-20/h1-3,5-10H,4,11-17H2,(H,24,28). The van der Waals surface area contributed by atoms with Gasteiger partial charge in [-0.15, -0.1) is 0 Å². The number of hydrogen-bond acceptors (Lipinski definition) is 4. The van der Waals surface area contributed by atoms with E-state index in [1.54, 1.807) is 34.1 Å². The number of anilines is 1. The van der Waals surface area contributed by atoms with E-state index in [0.717, 1.165) is 12.2 Å². The first-order chi connectivity index (χ1) is 14.6. The van der Waals surface area contributed by atoms with Crippen molar-refractivity contribution >= 4 is 29.2 Å². The van der Waals surface area contributed by atoms with Crippen LogP contribution in [0, 0.1) is 0 Å². The number of carbonyl (C=O) groups is 2. The van der Waals surface area contributed by atoms with Gasteiger partial charge in [0.25, 0.3) is 0 Å². The predicted octanol–water partition coefficient (Wildman–Crippen LogP) is 3.50. The van der Waals surface area contributed by atoms with Crippen LogP contribution in [0.1, 0.15) is 6.42 Å².